The highest BCUT2D eigenvalue weighted by Crippen LogP contribution is 2.32. The van der Waals surface area contributed by atoms with Crippen LogP contribution < -0.4 is 0 Å². The van der Waals surface area contributed by atoms with Crippen molar-refractivity contribution in [1.29, 1.82) is 0 Å². The fourth-order valence-corrected chi connectivity index (χ4v) is 4.57. The number of amides is 2. The summed E-state index contributed by atoms with van der Waals surface area (Å²) in [5.41, 5.74) is 1.21. The van der Waals surface area contributed by atoms with Crippen molar-refractivity contribution in [3.05, 3.63) is 81.2 Å². The lowest BCUT2D eigenvalue weighted by Crippen LogP contribution is -2.49. The van der Waals surface area contributed by atoms with Crippen molar-refractivity contribution >= 4 is 35.0 Å². The van der Waals surface area contributed by atoms with Crippen molar-refractivity contribution in [2.75, 3.05) is 39.8 Å². The third-order valence-electron chi connectivity index (χ3n) is 6.41. The first-order valence-corrected chi connectivity index (χ1v) is 12.5. The quantitative estimate of drug-likeness (QED) is 0.464. The number of benzene rings is 2. The van der Waals surface area contributed by atoms with Crippen LogP contribution in [0.1, 0.15) is 26.3 Å². The lowest BCUT2D eigenvalue weighted by Gasteiger charge is -2.34. The van der Waals surface area contributed by atoms with E-state index in [0.717, 1.165) is 5.56 Å². The Hall–Kier alpha value is -3.27. The van der Waals surface area contributed by atoms with Crippen molar-refractivity contribution in [3.8, 4) is 11.6 Å². The molecule has 2 amide bonds. The second-order valence-corrected chi connectivity index (χ2v) is 9.77. The summed E-state index contributed by atoms with van der Waals surface area (Å²) in [6.07, 6.45) is 1.44. The van der Waals surface area contributed by atoms with Crippen molar-refractivity contribution in [1.82, 2.24) is 19.3 Å². The molecule has 2 aromatic carbocycles. The number of hydrogen-bond acceptors (Lipinski definition) is 5. The van der Waals surface area contributed by atoms with E-state index in [4.69, 9.17) is 23.2 Å². The summed E-state index contributed by atoms with van der Waals surface area (Å²) in [6.45, 7) is 3.41. The van der Waals surface area contributed by atoms with E-state index in [9.17, 15) is 24.2 Å². The normalized spacial score (nSPS) is 14.1. The molecule has 0 spiro atoms. The highest BCUT2D eigenvalue weighted by molar-refractivity contribution is 6.42. The van der Waals surface area contributed by atoms with E-state index >= 15 is 0 Å². The standard InChI is InChI=1S/C26H27Cl2FN4O4/c1-30(15-17-2-7-21(27)22(28)14-17)25(36)20-16-33(26(37)23(20)34)13-10-31-8-11-32(12-9-31)24(35)18-3-5-19(29)6-4-18/h2-7,14,16,34,37H,8-13,15H2,1H3. The first kappa shape index (κ1) is 26.8. The third-order valence-corrected chi connectivity index (χ3v) is 7.15. The Labute approximate surface area is 224 Å². The van der Waals surface area contributed by atoms with Gasteiger partial charge in [0.15, 0.2) is 5.75 Å². The van der Waals surface area contributed by atoms with Gasteiger partial charge in [0.05, 0.1) is 10.0 Å². The topological polar surface area (TPSA) is 89.3 Å². The molecule has 196 valence electrons. The molecule has 2 heterocycles. The first-order valence-electron chi connectivity index (χ1n) is 11.7. The molecule has 11 heteroatoms. The van der Waals surface area contributed by atoms with E-state index in [2.05, 4.69) is 4.90 Å². The van der Waals surface area contributed by atoms with Crippen molar-refractivity contribution in [2.24, 2.45) is 0 Å². The Bertz CT molecular complexity index is 1290. The van der Waals surface area contributed by atoms with E-state index in [1.165, 1.54) is 39.9 Å². The SMILES string of the molecule is CN(Cc1ccc(Cl)c(Cl)c1)C(=O)c1cn(CCN2CCN(C(=O)c3ccc(F)cc3)CC2)c(O)c1O. The number of nitrogens with zero attached hydrogens (tertiary/aromatic N) is 4. The Morgan fingerprint density at radius 3 is 2.30 bits per heavy atom. The number of aromatic nitrogens is 1. The van der Waals surface area contributed by atoms with Crippen LogP contribution in [0.25, 0.3) is 0 Å². The molecule has 37 heavy (non-hydrogen) atoms. The van der Waals surface area contributed by atoms with Crippen LogP contribution in [0, 0.1) is 5.82 Å². The molecule has 1 fully saturated rings. The molecule has 1 aliphatic rings. The van der Waals surface area contributed by atoms with Gasteiger partial charge in [-0.3, -0.25) is 14.5 Å². The maximum absolute atomic E-state index is 13.1. The van der Waals surface area contributed by atoms with Gasteiger partial charge < -0.3 is 24.6 Å². The monoisotopic (exact) mass is 548 g/mol. The van der Waals surface area contributed by atoms with Crippen LogP contribution >= 0.6 is 23.2 Å². The molecule has 0 bridgehead atoms. The predicted molar refractivity (Wildman–Crippen MR) is 139 cm³/mol. The van der Waals surface area contributed by atoms with Gasteiger partial charge in [-0.05, 0) is 42.0 Å². The molecule has 0 aliphatic carbocycles. The second-order valence-electron chi connectivity index (χ2n) is 8.96. The fraction of sp³-hybridized carbons (Fsp3) is 0.308. The Kier molecular flexibility index (Phi) is 8.26. The van der Waals surface area contributed by atoms with E-state index < -0.39 is 11.7 Å². The van der Waals surface area contributed by atoms with Gasteiger partial charge in [0.25, 0.3) is 11.8 Å². The van der Waals surface area contributed by atoms with Gasteiger partial charge in [-0.2, -0.15) is 0 Å². The predicted octanol–water partition coefficient (Wildman–Crippen LogP) is 4.08. The number of carbonyl (C=O) groups is 2. The second kappa shape index (κ2) is 11.4. The summed E-state index contributed by atoms with van der Waals surface area (Å²) in [4.78, 5) is 30.8. The van der Waals surface area contributed by atoms with Crippen LogP contribution in [0.5, 0.6) is 11.6 Å². The van der Waals surface area contributed by atoms with E-state index in [0.29, 0.717) is 54.9 Å². The highest BCUT2D eigenvalue weighted by atomic mass is 35.5. The summed E-state index contributed by atoms with van der Waals surface area (Å²) < 4.78 is 14.6. The molecule has 3 aromatic rings. The minimum absolute atomic E-state index is 0.00484. The van der Waals surface area contributed by atoms with Crippen LogP contribution in [-0.4, -0.2) is 81.1 Å². The summed E-state index contributed by atoms with van der Waals surface area (Å²) in [5.74, 6) is -1.83. The molecule has 2 N–H and O–H groups in total. The Morgan fingerprint density at radius 2 is 1.65 bits per heavy atom. The maximum atomic E-state index is 13.1. The van der Waals surface area contributed by atoms with E-state index in [1.807, 2.05) is 0 Å². The van der Waals surface area contributed by atoms with Gasteiger partial charge in [0.2, 0.25) is 5.88 Å². The highest BCUT2D eigenvalue weighted by Gasteiger charge is 2.25. The molecule has 1 saturated heterocycles. The molecule has 0 unspecified atom stereocenters. The average Bonchev–Trinajstić information content (AvgIpc) is 3.18. The summed E-state index contributed by atoms with van der Waals surface area (Å²) in [6, 6.07) is 10.6. The minimum atomic E-state index is -0.472. The number of piperazine rings is 1. The summed E-state index contributed by atoms with van der Waals surface area (Å²) in [7, 11) is 1.59. The fourth-order valence-electron chi connectivity index (χ4n) is 4.25. The van der Waals surface area contributed by atoms with Gasteiger partial charge in [-0.25, -0.2) is 4.39 Å². The summed E-state index contributed by atoms with van der Waals surface area (Å²) >= 11 is 12.0. The zero-order valence-electron chi connectivity index (χ0n) is 20.2. The maximum Gasteiger partial charge on any atom is 0.259 e. The number of halogens is 3. The van der Waals surface area contributed by atoms with Crippen LogP contribution in [0.4, 0.5) is 4.39 Å². The van der Waals surface area contributed by atoms with Crippen molar-refractivity contribution in [2.45, 2.75) is 13.1 Å². The number of rotatable bonds is 7. The zero-order valence-corrected chi connectivity index (χ0v) is 21.7. The van der Waals surface area contributed by atoms with Crippen molar-refractivity contribution < 1.29 is 24.2 Å². The van der Waals surface area contributed by atoms with Crippen LogP contribution in [0.15, 0.2) is 48.7 Å². The third kappa shape index (κ3) is 6.18. The zero-order chi connectivity index (χ0) is 26.7. The van der Waals surface area contributed by atoms with Crippen molar-refractivity contribution in [3.63, 3.8) is 0 Å². The minimum Gasteiger partial charge on any atom is -0.503 e. The van der Waals surface area contributed by atoms with Gasteiger partial charge in [0, 0.05) is 64.6 Å². The van der Waals surface area contributed by atoms with Crippen LogP contribution in [0.3, 0.4) is 0 Å². The van der Waals surface area contributed by atoms with Gasteiger partial charge in [0.1, 0.15) is 11.4 Å². The molecule has 8 nitrogen and oxygen atoms in total. The van der Waals surface area contributed by atoms with E-state index in [-0.39, 0.29) is 29.7 Å². The number of carbonyl (C=O) groups excluding carboxylic acids is 2. The molecule has 4 rings (SSSR count). The molecule has 0 atom stereocenters. The lowest BCUT2D eigenvalue weighted by molar-refractivity contribution is 0.0632. The molecule has 1 aliphatic heterocycles. The molecular weight excluding hydrogens is 522 g/mol. The molecule has 0 radical (unpaired) electrons. The number of aromatic hydroxyl groups is 2. The molecule has 1 aromatic heterocycles. The van der Waals surface area contributed by atoms with Gasteiger partial charge in [-0.1, -0.05) is 29.3 Å². The summed E-state index contributed by atoms with van der Waals surface area (Å²) in [5, 5.41) is 21.6. The largest absolute Gasteiger partial charge is 0.503 e. The first-order chi connectivity index (χ1) is 17.6. The molecular formula is C26H27Cl2FN4O4. The number of hydrogen-bond donors (Lipinski definition) is 2. The Balaban J connectivity index is 1.32. The smallest absolute Gasteiger partial charge is 0.259 e. The van der Waals surface area contributed by atoms with E-state index in [1.54, 1.807) is 30.1 Å². The Morgan fingerprint density at radius 1 is 0.973 bits per heavy atom. The van der Waals surface area contributed by atoms with Gasteiger partial charge in [-0.15, -0.1) is 0 Å². The lowest BCUT2D eigenvalue weighted by atomic mass is 10.2. The van der Waals surface area contributed by atoms with Crippen LogP contribution in [-0.2, 0) is 13.1 Å². The van der Waals surface area contributed by atoms with Gasteiger partial charge >= 0.3 is 0 Å². The average molecular weight is 549 g/mol. The van der Waals surface area contributed by atoms with Crippen LogP contribution in [0.2, 0.25) is 10.0 Å². The molecule has 0 saturated carbocycles.